The van der Waals surface area contributed by atoms with E-state index in [0.717, 1.165) is 4.47 Å². The summed E-state index contributed by atoms with van der Waals surface area (Å²) in [5, 5.41) is 14.2. The van der Waals surface area contributed by atoms with E-state index >= 15 is 0 Å². The van der Waals surface area contributed by atoms with Crippen LogP contribution < -0.4 is 15.4 Å². The largest absolute Gasteiger partial charge is 0.456 e. The lowest BCUT2D eigenvalue weighted by Crippen LogP contribution is -2.36. The van der Waals surface area contributed by atoms with E-state index in [1.165, 1.54) is 0 Å². The summed E-state index contributed by atoms with van der Waals surface area (Å²) >= 11 is 3.44. The standard InChI is InChI=1S/C24H21BrN2O4/c25-20-8-4-5-9-22(20)31-19-12-10-17(11-13-19)16-21(24(30)26-14-15-28)27-23(29)18-6-2-1-3-7-18/h1-13,16,28H,14-15H2,(H,26,30)(H,27,29)/b21-16+. The van der Waals surface area contributed by atoms with Crippen LogP contribution in [0.15, 0.2) is 89.0 Å². The number of benzene rings is 3. The molecule has 0 saturated heterocycles. The van der Waals surface area contributed by atoms with Crippen LogP contribution in [0, 0.1) is 0 Å². The topological polar surface area (TPSA) is 87.7 Å². The van der Waals surface area contributed by atoms with Crippen molar-refractivity contribution in [1.82, 2.24) is 10.6 Å². The minimum Gasteiger partial charge on any atom is -0.456 e. The van der Waals surface area contributed by atoms with Crippen molar-refractivity contribution in [2.24, 2.45) is 0 Å². The van der Waals surface area contributed by atoms with Gasteiger partial charge in [0.1, 0.15) is 17.2 Å². The third-order valence-electron chi connectivity index (χ3n) is 4.18. The van der Waals surface area contributed by atoms with Crippen molar-refractivity contribution in [3.05, 3.63) is 100 Å². The Hall–Kier alpha value is -3.42. The lowest BCUT2D eigenvalue weighted by Gasteiger charge is -2.11. The molecule has 0 aliphatic rings. The number of carbonyl (C=O) groups excluding carboxylic acids is 2. The molecule has 0 radical (unpaired) electrons. The van der Waals surface area contributed by atoms with Crippen molar-refractivity contribution in [2.75, 3.05) is 13.2 Å². The van der Waals surface area contributed by atoms with Gasteiger partial charge in [0.05, 0.1) is 11.1 Å². The van der Waals surface area contributed by atoms with Gasteiger partial charge in [-0.3, -0.25) is 9.59 Å². The first kappa shape index (κ1) is 22.3. The first-order chi connectivity index (χ1) is 15.1. The van der Waals surface area contributed by atoms with E-state index in [2.05, 4.69) is 26.6 Å². The minimum atomic E-state index is -0.494. The van der Waals surface area contributed by atoms with Gasteiger partial charge in [-0.15, -0.1) is 0 Å². The van der Waals surface area contributed by atoms with Crippen LogP contribution in [0.1, 0.15) is 15.9 Å². The van der Waals surface area contributed by atoms with Crippen LogP contribution in [-0.2, 0) is 4.79 Å². The number of carbonyl (C=O) groups is 2. The molecule has 0 aliphatic heterocycles. The maximum absolute atomic E-state index is 12.5. The maximum atomic E-state index is 12.5. The number of hydrogen-bond acceptors (Lipinski definition) is 4. The predicted octanol–water partition coefficient (Wildman–Crippen LogP) is 4.12. The Kier molecular flexibility index (Phi) is 7.98. The molecule has 0 aliphatic carbocycles. The average molecular weight is 481 g/mol. The SMILES string of the molecule is O=C(NCCO)/C(=C\c1ccc(Oc2ccccc2Br)cc1)NC(=O)c1ccccc1. The van der Waals surface area contributed by atoms with Crippen molar-refractivity contribution < 1.29 is 19.4 Å². The molecule has 7 heteroatoms. The maximum Gasteiger partial charge on any atom is 0.267 e. The molecule has 0 unspecified atom stereocenters. The monoisotopic (exact) mass is 480 g/mol. The summed E-state index contributed by atoms with van der Waals surface area (Å²) < 4.78 is 6.69. The van der Waals surface area contributed by atoms with E-state index in [4.69, 9.17) is 9.84 Å². The minimum absolute atomic E-state index is 0.0711. The van der Waals surface area contributed by atoms with Crippen molar-refractivity contribution in [2.45, 2.75) is 0 Å². The first-order valence-electron chi connectivity index (χ1n) is 9.56. The van der Waals surface area contributed by atoms with Gasteiger partial charge in [0, 0.05) is 12.1 Å². The highest BCUT2D eigenvalue weighted by molar-refractivity contribution is 9.10. The Bertz CT molecular complexity index is 1070. The smallest absolute Gasteiger partial charge is 0.267 e. The van der Waals surface area contributed by atoms with Gasteiger partial charge in [0.15, 0.2) is 0 Å². The molecule has 0 atom stereocenters. The van der Waals surface area contributed by atoms with Gasteiger partial charge in [-0.2, -0.15) is 0 Å². The van der Waals surface area contributed by atoms with E-state index in [1.807, 2.05) is 24.3 Å². The summed E-state index contributed by atoms with van der Waals surface area (Å²) in [4.78, 5) is 25.0. The molecule has 0 heterocycles. The van der Waals surface area contributed by atoms with Gasteiger partial charge in [-0.1, -0.05) is 42.5 Å². The van der Waals surface area contributed by atoms with Crippen molar-refractivity contribution in [3.8, 4) is 11.5 Å². The zero-order valence-corrected chi connectivity index (χ0v) is 18.1. The molecule has 6 nitrogen and oxygen atoms in total. The van der Waals surface area contributed by atoms with Gasteiger partial charge < -0.3 is 20.5 Å². The Labute approximate surface area is 188 Å². The summed E-state index contributed by atoms with van der Waals surface area (Å²) in [5.41, 5.74) is 1.20. The summed E-state index contributed by atoms with van der Waals surface area (Å²) in [6.45, 7) is -0.122. The second-order valence-electron chi connectivity index (χ2n) is 6.46. The molecule has 0 saturated carbocycles. The molecular formula is C24H21BrN2O4. The van der Waals surface area contributed by atoms with Crippen LogP contribution in [0.25, 0.3) is 6.08 Å². The van der Waals surface area contributed by atoms with Gasteiger partial charge >= 0.3 is 0 Å². The van der Waals surface area contributed by atoms with E-state index in [9.17, 15) is 9.59 Å². The van der Waals surface area contributed by atoms with Crippen LogP contribution in [-0.4, -0.2) is 30.1 Å². The van der Waals surface area contributed by atoms with Crippen molar-refractivity contribution >= 4 is 33.8 Å². The number of para-hydroxylation sites is 1. The molecule has 158 valence electrons. The molecule has 0 bridgehead atoms. The van der Waals surface area contributed by atoms with Gasteiger partial charge in [0.2, 0.25) is 0 Å². The molecule has 3 rings (SSSR count). The summed E-state index contributed by atoms with van der Waals surface area (Å²) in [7, 11) is 0. The lowest BCUT2D eigenvalue weighted by atomic mass is 10.1. The number of ether oxygens (including phenoxy) is 1. The molecule has 3 aromatic rings. The highest BCUT2D eigenvalue weighted by atomic mass is 79.9. The van der Waals surface area contributed by atoms with Crippen molar-refractivity contribution in [3.63, 3.8) is 0 Å². The summed E-state index contributed by atoms with van der Waals surface area (Å²) in [6.07, 6.45) is 1.57. The third-order valence-corrected chi connectivity index (χ3v) is 4.84. The highest BCUT2D eigenvalue weighted by Crippen LogP contribution is 2.29. The highest BCUT2D eigenvalue weighted by Gasteiger charge is 2.14. The Balaban J connectivity index is 1.79. The van der Waals surface area contributed by atoms with Crippen molar-refractivity contribution in [1.29, 1.82) is 0 Å². The Morgan fingerprint density at radius 2 is 1.61 bits per heavy atom. The molecular weight excluding hydrogens is 460 g/mol. The summed E-state index contributed by atoms with van der Waals surface area (Å²) in [5.74, 6) is 0.417. The number of hydrogen-bond donors (Lipinski definition) is 3. The molecule has 3 N–H and O–H groups in total. The van der Waals surface area contributed by atoms with Crippen LogP contribution >= 0.6 is 15.9 Å². The zero-order valence-electron chi connectivity index (χ0n) is 16.5. The number of amides is 2. The molecule has 0 spiro atoms. The fourth-order valence-corrected chi connectivity index (χ4v) is 3.03. The zero-order chi connectivity index (χ0) is 22.1. The van der Waals surface area contributed by atoms with E-state index in [0.29, 0.717) is 22.6 Å². The van der Waals surface area contributed by atoms with Crippen LogP contribution in [0.4, 0.5) is 0 Å². The number of nitrogens with one attached hydrogen (secondary N) is 2. The quantitative estimate of drug-likeness (QED) is 0.423. The number of aliphatic hydroxyl groups is 1. The molecule has 31 heavy (non-hydrogen) atoms. The average Bonchev–Trinajstić information content (AvgIpc) is 2.80. The molecule has 2 amide bonds. The third kappa shape index (κ3) is 6.53. The second-order valence-corrected chi connectivity index (χ2v) is 7.31. The second kappa shape index (κ2) is 11.1. The fraction of sp³-hybridized carbons (Fsp3) is 0.0833. The van der Waals surface area contributed by atoms with Gasteiger partial charge in [-0.25, -0.2) is 0 Å². The number of rotatable bonds is 8. The van der Waals surface area contributed by atoms with E-state index in [-0.39, 0.29) is 18.8 Å². The number of aliphatic hydroxyl groups excluding tert-OH is 1. The van der Waals surface area contributed by atoms with E-state index < -0.39 is 11.8 Å². The van der Waals surface area contributed by atoms with Gasteiger partial charge in [0.25, 0.3) is 11.8 Å². The number of halogens is 1. The van der Waals surface area contributed by atoms with Crippen LogP contribution in [0.5, 0.6) is 11.5 Å². The lowest BCUT2D eigenvalue weighted by molar-refractivity contribution is -0.117. The first-order valence-corrected chi connectivity index (χ1v) is 10.4. The summed E-state index contributed by atoms with van der Waals surface area (Å²) in [6, 6.07) is 23.2. The Morgan fingerprint density at radius 3 is 2.29 bits per heavy atom. The molecule has 0 aromatic heterocycles. The Morgan fingerprint density at radius 1 is 0.935 bits per heavy atom. The van der Waals surface area contributed by atoms with Crippen LogP contribution in [0.3, 0.4) is 0 Å². The fourth-order valence-electron chi connectivity index (χ4n) is 2.66. The molecule has 3 aromatic carbocycles. The normalized spacial score (nSPS) is 11.0. The predicted molar refractivity (Wildman–Crippen MR) is 123 cm³/mol. The van der Waals surface area contributed by atoms with Gasteiger partial charge in [-0.05, 0) is 64.0 Å². The van der Waals surface area contributed by atoms with Crippen LogP contribution in [0.2, 0.25) is 0 Å². The molecule has 0 fully saturated rings. The van der Waals surface area contributed by atoms with E-state index in [1.54, 1.807) is 60.7 Å².